The molecular weight excluding hydrogens is 387 g/mol. The molecule has 0 unspecified atom stereocenters. The number of hydrogen-bond donors (Lipinski definition) is 0. The highest BCUT2D eigenvalue weighted by Crippen LogP contribution is 2.28. The molecule has 0 fully saturated rings. The normalized spacial score (nSPS) is 11.3. The third-order valence-electron chi connectivity index (χ3n) is 4.10. The highest BCUT2D eigenvalue weighted by molar-refractivity contribution is 5.90. The summed E-state index contributed by atoms with van der Waals surface area (Å²) in [6.07, 6.45) is -2.46. The smallest absolute Gasteiger partial charge is 0.417 e. The molecule has 152 valence electrons. The van der Waals surface area contributed by atoms with E-state index in [1.54, 1.807) is 13.0 Å². The van der Waals surface area contributed by atoms with Gasteiger partial charge in [0.05, 0.1) is 17.5 Å². The van der Waals surface area contributed by atoms with Crippen LogP contribution in [-0.2, 0) is 10.9 Å². The van der Waals surface area contributed by atoms with Crippen LogP contribution in [0.5, 0.6) is 5.75 Å². The van der Waals surface area contributed by atoms with E-state index in [-0.39, 0.29) is 24.6 Å². The van der Waals surface area contributed by atoms with Gasteiger partial charge in [-0.15, -0.1) is 0 Å². The first kappa shape index (κ1) is 20.4. The highest BCUT2D eigenvalue weighted by Gasteiger charge is 2.30. The molecule has 0 bridgehead atoms. The number of alkyl halides is 3. The van der Waals surface area contributed by atoms with Gasteiger partial charge in [0.1, 0.15) is 24.5 Å². The fraction of sp³-hybridized carbons (Fsp3) is 0.250. The number of esters is 1. The molecule has 0 spiro atoms. The predicted octanol–water partition coefficient (Wildman–Crippen LogP) is 4.14. The largest absolute Gasteiger partial charge is 0.490 e. The molecule has 0 atom stereocenters. The number of carbonyl (C=O) groups excluding carboxylic acids is 1. The van der Waals surface area contributed by atoms with Crippen LogP contribution in [0.2, 0.25) is 0 Å². The minimum absolute atomic E-state index is 0.0376. The molecule has 3 aromatic rings. The van der Waals surface area contributed by atoms with Gasteiger partial charge in [0, 0.05) is 6.20 Å². The van der Waals surface area contributed by atoms with Crippen molar-refractivity contribution in [2.75, 3.05) is 13.2 Å². The molecule has 0 aliphatic rings. The molecule has 29 heavy (non-hydrogen) atoms. The van der Waals surface area contributed by atoms with Crippen LogP contribution in [0.1, 0.15) is 27.2 Å². The number of carbonyl (C=O) groups is 1. The van der Waals surface area contributed by atoms with Crippen molar-refractivity contribution in [2.24, 2.45) is 0 Å². The molecule has 6 nitrogen and oxygen atoms in total. The minimum atomic E-state index is -4.47. The lowest BCUT2D eigenvalue weighted by atomic mass is 10.2. The second-order valence-electron chi connectivity index (χ2n) is 6.26. The second-order valence-corrected chi connectivity index (χ2v) is 6.26. The Morgan fingerprint density at radius 3 is 2.55 bits per heavy atom. The van der Waals surface area contributed by atoms with E-state index in [0.29, 0.717) is 11.4 Å². The summed E-state index contributed by atoms with van der Waals surface area (Å²) in [6.45, 7) is 3.77. The van der Waals surface area contributed by atoms with E-state index in [1.807, 2.05) is 25.1 Å². The first-order chi connectivity index (χ1) is 13.8. The van der Waals surface area contributed by atoms with Crippen LogP contribution in [0.25, 0.3) is 5.82 Å². The lowest BCUT2D eigenvalue weighted by molar-refractivity contribution is -0.137. The number of pyridine rings is 1. The van der Waals surface area contributed by atoms with Crippen molar-refractivity contribution in [3.63, 3.8) is 0 Å². The monoisotopic (exact) mass is 405 g/mol. The van der Waals surface area contributed by atoms with Gasteiger partial charge in [0.25, 0.3) is 0 Å². The van der Waals surface area contributed by atoms with Gasteiger partial charge in [-0.3, -0.25) is 0 Å². The Bertz CT molecular complexity index is 998. The third-order valence-corrected chi connectivity index (χ3v) is 4.10. The zero-order chi connectivity index (χ0) is 21.0. The van der Waals surface area contributed by atoms with Crippen molar-refractivity contribution >= 4 is 5.97 Å². The van der Waals surface area contributed by atoms with Gasteiger partial charge < -0.3 is 9.47 Å². The molecule has 0 radical (unpaired) electrons. The zero-order valence-corrected chi connectivity index (χ0v) is 15.7. The average Bonchev–Trinajstić information content (AvgIpc) is 3.06. The maximum Gasteiger partial charge on any atom is 0.417 e. The Morgan fingerprint density at radius 2 is 1.90 bits per heavy atom. The summed E-state index contributed by atoms with van der Waals surface area (Å²) >= 11 is 0. The molecule has 0 saturated carbocycles. The lowest BCUT2D eigenvalue weighted by Crippen LogP contribution is -2.13. The molecule has 0 aliphatic carbocycles. The van der Waals surface area contributed by atoms with Gasteiger partial charge in [0.2, 0.25) is 0 Å². The molecule has 0 saturated heterocycles. The minimum Gasteiger partial charge on any atom is -0.490 e. The summed E-state index contributed by atoms with van der Waals surface area (Å²) in [6, 6.07) is 9.58. The number of benzene rings is 1. The van der Waals surface area contributed by atoms with Crippen molar-refractivity contribution in [3.05, 3.63) is 71.2 Å². The molecule has 2 aromatic heterocycles. The van der Waals surface area contributed by atoms with E-state index >= 15 is 0 Å². The summed E-state index contributed by atoms with van der Waals surface area (Å²) in [7, 11) is 0. The van der Waals surface area contributed by atoms with Gasteiger partial charge in [-0.05, 0) is 43.7 Å². The summed E-state index contributed by atoms with van der Waals surface area (Å²) in [5, 5.41) is 4.03. The Hall–Kier alpha value is -3.36. The molecular formula is C20H18F3N3O3. The Balaban J connectivity index is 1.60. The predicted molar refractivity (Wildman–Crippen MR) is 98.1 cm³/mol. The number of nitrogens with zero attached hydrogens (tertiary/aromatic N) is 3. The topological polar surface area (TPSA) is 66.2 Å². The summed E-state index contributed by atoms with van der Waals surface area (Å²) in [5.41, 5.74) is 0.794. The van der Waals surface area contributed by atoms with E-state index in [0.717, 1.165) is 17.8 Å². The number of ether oxygens (including phenoxy) is 2. The Morgan fingerprint density at radius 1 is 1.10 bits per heavy atom. The molecule has 9 heteroatoms. The van der Waals surface area contributed by atoms with Crippen LogP contribution >= 0.6 is 0 Å². The number of aromatic nitrogens is 3. The van der Waals surface area contributed by atoms with E-state index in [4.69, 9.17) is 9.47 Å². The molecule has 0 aliphatic heterocycles. The van der Waals surface area contributed by atoms with Crippen LogP contribution in [0, 0.1) is 13.8 Å². The van der Waals surface area contributed by atoms with Crippen molar-refractivity contribution in [3.8, 4) is 11.6 Å². The SMILES string of the molecule is Cc1cccc(OCCOC(=O)c2cnn(-c3ccc(C(F)(F)F)cn3)c2C)c1. The maximum absolute atomic E-state index is 12.7. The lowest BCUT2D eigenvalue weighted by Gasteiger charge is -2.09. The Kier molecular flexibility index (Phi) is 5.86. The van der Waals surface area contributed by atoms with Crippen molar-refractivity contribution < 1.29 is 27.4 Å². The van der Waals surface area contributed by atoms with Crippen molar-refractivity contribution in [1.82, 2.24) is 14.8 Å². The van der Waals surface area contributed by atoms with Crippen LogP contribution in [0.4, 0.5) is 13.2 Å². The Labute approximate surface area is 164 Å². The van der Waals surface area contributed by atoms with E-state index in [9.17, 15) is 18.0 Å². The molecule has 0 amide bonds. The zero-order valence-electron chi connectivity index (χ0n) is 15.7. The van der Waals surface area contributed by atoms with Gasteiger partial charge in [-0.1, -0.05) is 12.1 Å². The van der Waals surface area contributed by atoms with E-state index < -0.39 is 17.7 Å². The molecule has 2 heterocycles. The van der Waals surface area contributed by atoms with Crippen molar-refractivity contribution in [2.45, 2.75) is 20.0 Å². The van der Waals surface area contributed by atoms with Crippen molar-refractivity contribution in [1.29, 1.82) is 0 Å². The van der Waals surface area contributed by atoms with Crippen LogP contribution in [0.3, 0.4) is 0 Å². The molecule has 0 N–H and O–H groups in total. The number of aryl methyl sites for hydroxylation is 1. The highest BCUT2D eigenvalue weighted by atomic mass is 19.4. The molecule has 3 rings (SSSR count). The second kappa shape index (κ2) is 8.34. The fourth-order valence-corrected chi connectivity index (χ4v) is 2.60. The van der Waals surface area contributed by atoms with Gasteiger partial charge >= 0.3 is 12.1 Å². The van der Waals surface area contributed by atoms with Crippen LogP contribution < -0.4 is 4.74 Å². The van der Waals surface area contributed by atoms with E-state index in [1.165, 1.54) is 16.9 Å². The first-order valence-electron chi connectivity index (χ1n) is 8.70. The van der Waals surface area contributed by atoms with Crippen LogP contribution in [0.15, 0.2) is 48.8 Å². The number of rotatable bonds is 6. The number of hydrogen-bond acceptors (Lipinski definition) is 5. The third kappa shape index (κ3) is 4.92. The first-order valence-corrected chi connectivity index (χ1v) is 8.70. The molecule has 1 aromatic carbocycles. The van der Waals surface area contributed by atoms with Gasteiger partial charge in [-0.2, -0.15) is 18.3 Å². The quantitative estimate of drug-likeness (QED) is 0.456. The summed E-state index contributed by atoms with van der Waals surface area (Å²) in [4.78, 5) is 16.0. The maximum atomic E-state index is 12.7. The van der Waals surface area contributed by atoms with Gasteiger partial charge in [-0.25, -0.2) is 14.5 Å². The van der Waals surface area contributed by atoms with Crippen LogP contribution in [-0.4, -0.2) is 33.9 Å². The van der Waals surface area contributed by atoms with E-state index in [2.05, 4.69) is 10.1 Å². The fourth-order valence-electron chi connectivity index (χ4n) is 2.60. The average molecular weight is 405 g/mol. The summed E-state index contributed by atoms with van der Waals surface area (Å²) < 4.78 is 49.9. The standard InChI is InChI=1S/C20H18F3N3O3/c1-13-4-3-5-16(10-13)28-8-9-29-19(27)17-12-25-26(14(17)2)18-7-6-15(11-24-18)20(21,22)23/h3-7,10-12H,8-9H2,1-2H3. The van der Waals surface area contributed by atoms with Gasteiger partial charge in [0.15, 0.2) is 5.82 Å². The summed E-state index contributed by atoms with van der Waals surface area (Å²) in [5.74, 6) is 0.240. The number of halogens is 3.